The van der Waals surface area contributed by atoms with Gasteiger partial charge in [-0.1, -0.05) is 91.0 Å². The highest BCUT2D eigenvalue weighted by atomic mass is 16.7. The quantitative estimate of drug-likeness (QED) is 0.396. The Morgan fingerprint density at radius 3 is 1.53 bits per heavy atom. The molecule has 3 aromatic carbocycles. The van der Waals surface area contributed by atoms with Crippen LogP contribution in [0.5, 0.6) is 0 Å². The summed E-state index contributed by atoms with van der Waals surface area (Å²) in [5, 5.41) is 9.21. The Morgan fingerprint density at radius 1 is 0.667 bits per heavy atom. The van der Waals surface area contributed by atoms with Crippen LogP contribution in [0.2, 0.25) is 0 Å². The van der Waals surface area contributed by atoms with Crippen LogP contribution in [0.4, 0.5) is 0 Å². The number of carbonyl (C=O) groups is 1. The Bertz CT molecular complexity index is 1040. The maximum absolute atomic E-state index is 11.2. The Hall–Kier alpha value is -3.07. The first-order valence-electron chi connectivity index (χ1n) is 12.1. The average Bonchev–Trinajstić information content (AvgIpc) is 2.91. The maximum Gasteiger partial charge on any atom is 0.329 e. The summed E-state index contributed by atoms with van der Waals surface area (Å²) in [7, 11) is 0. The molecule has 1 heterocycles. The summed E-state index contributed by atoms with van der Waals surface area (Å²) < 4.78 is 30.8. The molecule has 1 fully saturated rings. The monoisotopic (exact) mass is 492 g/mol. The number of benzene rings is 3. The number of ether oxygens (including phenoxy) is 5. The summed E-state index contributed by atoms with van der Waals surface area (Å²) in [5.41, 5.74) is 3.00. The molecule has 1 aliphatic heterocycles. The second-order valence-corrected chi connectivity index (χ2v) is 8.70. The van der Waals surface area contributed by atoms with E-state index >= 15 is 0 Å². The number of carboxylic acid groups (broad SMARTS) is 1. The van der Waals surface area contributed by atoms with Gasteiger partial charge < -0.3 is 28.8 Å². The minimum absolute atomic E-state index is 0.285. The highest BCUT2D eigenvalue weighted by Crippen LogP contribution is 2.31. The molecule has 190 valence electrons. The third kappa shape index (κ3) is 7.46. The highest BCUT2D eigenvalue weighted by molar-refractivity contribution is 5.68. The molecule has 7 nitrogen and oxygen atoms in total. The van der Waals surface area contributed by atoms with Crippen molar-refractivity contribution in [1.82, 2.24) is 0 Å². The first-order valence-corrected chi connectivity index (χ1v) is 12.1. The van der Waals surface area contributed by atoms with E-state index in [1.165, 1.54) is 0 Å². The molecule has 0 spiro atoms. The molecule has 5 atom stereocenters. The van der Waals surface area contributed by atoms with Gasteiger partial charge in [0.1, 0.15) is 24.9 Å². The zero-order chi connectivity index (χ0) is 25.2. The number of hydrogen-bond acceptors (Lipinski definition) is 6. The molecule has 1 N–H and O–H groups in total. The molecule has 0 bridgehead atoms. The van der Waals surface area contributed by atoms with Crippen molar-refractivity contribution in [2.75, 3.05) is 6.61 Å². The van der Waals surface area contributed by atoms with Gasteiger partial charge in [0.15, 0.2) is 6.29 Å². The van der Waals surface area contributed by atoms with Gasteiger partial charge in [0.2, 0.25) is 0 Å². The fourth-order valence-corrected chi connectivity index (χ4v) is 4.16. The van der Waals surface area contributed by atoms with E-state index in [9.17, 15) is 9.90 Å². The SMILES string of the molecule is C[C@@H]1O[C@@H](OCC(=O)O)[C@@H](OCc2ccccc2)[C@H](OCc2ccccc2)[C@@H]1OCc1ccccc1. The van der Waals surface area contributed by atoms with Crippen LogP contribution in [0.15, 0.2) is 91.0 Å². The minimum Gasteiger partial charge on any atom is -0.480 e. The van der Waals surface area contributed by atoms with Crippen LogP contribution in [0.25, 0.3) is 0 Å². The lowest BCUT2D eigenvalue weighted by Gasteiger charge is -2.44. The zero-order valence-corrected chi connectivity index (χ0v) is 20.3. The number of carboxylic acids is 1. The smallest absolute Gasteiger partial charge is 0.329 e. The summed E-state index contributed by atoms with van der Waals surface area (Å²) in [6.07, 6.45) is -3.12. The fourth-order valence-electron chi connectivity index (χ4n) is 4.16. The summed E-state index contributed by atoms with van der Waals surface area (Å²) in [4.78, 5) is 11.2. The molecule has 0 unspecified atom stereocenters. The van der Waals surface area contributed by atoms with Gasteiger partial charge in [0, 0.05) is 0 Å². The average molecular weight is 493 g/mol. The molecule has 4 rings (SSSR count). The van der Waals surface area contributed by atoms with Crippen molar-refractivity contribution in [3.8, 4) is 0 Å². The van der Waals surface area contributed by atoms with E-state index in [0.717, 1.165) is 16.7 Å². The van der Waals surface area contributed by atoms with E-state index in [2.05, 4.69) is 0 Å². The Labute approximate surface area is 211 Å². The number of rotatable bonds is 12. The van der Waals surface area contributed by atoms with E-state index in [4.69, 9.17) is 23.7 Å². The van der Waals surface area contributed by atoms with Crippen LogP contribution >= 0.6 is 0 Å². The third-order valence-corrected chi connectivity index (χ3v) is 5.95. The number of aliphatic carboxylic acids is 1. The van der Waals surface area contributed by atoms with Crippen molar-refractivity contribution < 1.29 is 33.6 Å². The fraction of sp³-hybridized carbons (Fsp3) is 0.345. The van der Waals surface area contributed by atoms with Gasteiger partial charge in [-0.05, 0) is 23.6 Å². The van der Waals surface area contributed by atoms with E-state index in [1.54, 1.807) is 0 Å². The van der Waals surface area contributed by atoms with Gasteiger partial charge in [-0.15, -0.1) is 0 Å². The van der Waals surface area contributed by atoms with E-state index in [0.29, 0.717) is 13.2 Å². The normalized spacial score (nSPS) is 23.9. The topological polar surface area (TPSA) is 83.5 Å². The molecule has 0 aliphatic carbocycles. The predicted molar refractivity (Wildman–Crippen MR) is 133 cm³/mol. The predicted octanol–water partition coefficient (Wildman–Crippen LogP) is 4.59. The lowest BCUT2D eigenvalue weighted by molar-refractivity contribution is -0.319. The molecule has 0 radical (unpaired) electrons. The van der Waals surface area contributed by atoms with E-state index in [1.807, 2.05) is 97.9 Å². The second kappa shape index (κ2) is 13.3. The van der Waals surface area contributed by atoms with Gasteiger partial charge in [0.25, 0.3) is 0 Å². The van der Waals surface area contributed by atoms with Gasteiger partial charge in [-0.25, -0.2) is 4.79 Å². The molecule has 1 saturated heterocycles. The first kappa shape index (κ1) is 26.0. The standard InChI is InChI=1S/C29H32O7/c1-21-26(32-17-22-11-5-2-6-12-22)27(33-18-23-13-7-3-8-14-23)28(29(36-21)35-20-25(30)31)34-19-24-15-9-4-10-16-24/h2-16,21,26-29H,17-20H2,1H3,(H,30,31)/t21-,26+,27+,28-,29+/m0/s1. The van der Waals surface area contributed by atoms with Crippen molar-refractivity contribution in [2.24, 2.45) is 0 Å². The van der Waals surface area contributed by atoms with Crippen LogP contribution in [-0.2, 0) is 48.3 Å². The molecule has 3 aromatic rings. The van der Waals surface area contributed by atoms with E-state index < -0.39 is 43.3 Å². The minimum atomic E-state index is -1.09. The van der Waals surface area contributed by atoms with Gasteiger partial charge >= 0.3 is 5.97 Å². The van der Waals surface area contributed by atoms with Crippen molar-refractivity contribution in [1.29, 1.82) is 0 Å². The summed E-state index contributed by atoms with van der Waals surface area (Å²) in [6.45, 7) is 2.35. The third-order valence-electron chi connectivity index (χ3n) is 5.95. The van der Waals surface area contributed by atoms with E-state index in [-0.39, 0.29) is 6.61 Å². The second-order valence-electron chi connectivity index (χ2n) is 8.70. The summed E-state index contributed by atoms with van der Waals surface area (Å²) in [6, 6.07) is 29.4. The van der Waals surface area contributed by atoms with Crippen LogP contribution in [0, 0.1) is 0 Å². The summed E-state index contributed by atoms with van der Waals surface area (Å²) in [5.74, 6) is -1.09. The maximum atomic E-state index is 11.2. The van der Waals surface area contributed by atoms with Crippen LogP contribution in [-0.4, -0.2) is 48.4 Å². The molecule has 0 aromatic heterocycles. The Morgan fingerprint density at radius 2 is 1.08 bits per heavy atom. The molecule has 36 heavy (non-hydrogen) atoms. The lowest BCUT2D eigenvalue weighted by Crippen LogP contribution is -2.60. The van der Waals surface area contributed by atoms with Crippen LogP contribution in [0.1, 0.15) is 23.6 Å². The van der Waals surface area contributed by atoms with Crippen LogP contribution < -0.4 is 0 Å². The van der Waals surface area contributed by atoms with Crippen molar-refractivity contribution in [3.05, 3.63) is 108 Å². The van der Waals surface area contributed by atoms with Crippen molar-refractivity contribution in [3.63, 3.8) is 0 Å². The van der Waals surface area contributed by atoms with Gasteiger partial charge in [-0.3, -0.25) is 0 Å². The summed E-state index contributed by atoms with van der Waals surface area (Å²) >= 11 is 0. The largest absolute Gasteiger partial charge is 0.480 e. The molecule has 0 saturated carbocycles. The molecule has 1 aliphatic rings. The van der Waals surface area contributed by atoms with Crippen molar-refractivity contribution >= 4 is 5.97 Å². The highest BCUT2D eigenvalue weighted by Gasteiger charge is 2.47. The van der Waals surface area contributed by atoms with Gasteiger partial charge in [0.05, 0.1) is 25.9 Å². The lowest BCUT2D eigenvalue weighted by atomic mass is 9.98. The molecule has 0 amide bonds. The number of hydrogen-bond donors (Lipinski definition) is 1. The molecular formula is C29H32O7. The van der Waals surface area contributed by atoms with Crippen LogP contribution in [0.3, 0.4) is 0 Å². The Balaban J connectivity index is 1.57. The van der Waals surface area contributed by atoms with Crippen molar-refractivity contribution in [2.45, 2.75) is 57.5 Å². The first-order chi connectivity index (χ1) is 17.6. The zero-order valence-electron chi connectivity index (χ0n) is 20.3. The van der Waals surface area contributed by atoms with Gasteiger partial charge in [-0.2, -0.15) is 0 Å². The Kier molecular flexibility index (Phi) is 9.61. The molecular weight excluding hydrogens is 460 g/mol. The molecule has 7 heteroatoms.